The smallest absolute Gasteiger partial charge is 0.0701 e. The van der Waals surface area contributed by atoms with Gasteiger partial charge in [-0.1, -0.05) is 13.8 Å². The molecule has 1 saturated heterocycles. The first kappa shape index (κ1) is 16.8. The Bertz CT molecular complexity index is 147. The summed E-state index contributed by atoms with van der Waals surface area (Å²) in [5.41, 5.74) is 5.29. The lowest BCUT2D eigenvalue weighted by Gasteiger charge is -2.26. The van der Waals surface area contributed by atoms with Gasteiger partial charge in [0.15, 0.2) is 0 Å². The van der Waals surface area contributed by atoms with E-state index in [-0.39, 0.29) is 1.43 Å². The lowest BCUT2D eigenvalue weighted by atomic mass is 10.4. The highest BCUT2D eigenvalue weighted by Crippen LogP contribution is 1.91. The molecule has 5 nitrogen and oxygen atoms in total. The van der Waals surface area contributed by atoms with Crippen molar-refractivity contribution < 1.29 is 10.9 Å². The fourth-order valence-corrected chi connectivity index (χ4v) is 1.53. The average molecular weight is 249 g/mol. The summed E-state index contributed by atoms with van der Waals surface area (Å²) in [4.78, 5) is 2.41. The van der Waals surface area contributed by atoms with E-state index in [2.05, 4.69) is 10.2 Å². The lowest BCUT2D eigenvalue weighted by molar-refractivity contribution is 0.0398. The van der Waals surface area contributed by atoms with Crippen LogP contribution in [0.4, 0.5) is 0 Å². The molecule has 0 spiro atoms. The molecule has 0 unspecified atom stereocenters. The van der Waals surface area contributed by atoms with Gasteiger partial charge >= 0.3 is 0 Å². The van der Waals surface area contributed by atoms with Gasteiger partial charge in [0.25, 0.3) is 0 Å². The van der Waals surface area contributed by atoms with Crippen molar-refractivity contribution in [3.8, 4) is 0 Å². The van der Waals surface area contributed by atoms with E-state index in [4.69, 9.17) is 15.2 Å². The van der Waals surface area contributed by atoms with Gasteiger partial charge in [-0.15, -0.1) is 0 Å². The molecule has 5 heteroatoms. The van der Waals surface area contributed by atoms with Crippen LogP contribution in [0.3, 0.4) is 0 Å². The monoisotopic (exact) mass is 249 g/mol. The van der Waals surface area contributed by atoms with Gasteiger partial charge in [-0.05, 0) is 0 Å². The fraction of sp³-hybridized carbons (Fsp3) is 1.00. The van der Waals surface area contributed by atoms with Crippen molar-refractivity contribution in [1.82, 2.24) is 10.2 Å². The molecule has 0 aromatic rings. The van der Waals surface area contributed by atoms with Gasteiger partial charge in [0.1, 0.15) is 0 Å². The van der Waals surface area contributed by atoms with Crippen LogP contribution in [-0.4, -0.2) is 70.6 Å². The molecular formula is C12H31N3O2. The van der Waals surface area contributed by atoms with Crippen LogP contribution >= 0.6 is 0 Å². The van der Waals surface area contributed by atoms with Crippen molar-refractivity contribution in [2.75, 3.05) is 65.7 Å². The highest BCUT2D eigenvalue weighted by atomic mass is 16.5. The van der Waals surface area contributed by atoms with Crippen LogP contribution < -0.4 is 11.1 Å². The number of ether oxygens (including phenoxy) is 2. The summed E-state index contributed by atoms with van der Waals surface area (Å²) >= 11 is 0. The van der Waals surface area contributed by atoms with Crippen molar-refractivity contribution in [2.24, 2.45) is 5.73 Å². The third-order valence-corrected chi connectivity index (χ3v) is 2.40. The molecule has 106 valence electrons. The topological polar surface area (TPSA) is 59.8 Å². The third kappa shape index (κ3) is 10.7. The van der Waals surface area contributed by atoms with E-state index in [1.807, 2.05) is 13.8 Å². The molecule has 1 fully saturated rings. The molecule has 3 N–H and O–H groups in total. The zero-order chi connectivity index (χ0) is 12.8. The van der Waals surface area contributed by atoms with Crippen LogP contribution in [0.25, 0.3) is 0 Å². The largest absolute Gasteiger partial charge is 0.378 e. The first-order valence-electron chi connectivity index (χ1n) is 6.72. The van der Waals surface area contributed by atoms with Crippen LogP contribution in [0, 0.1) is 0 Å². The van der Waals surface area contributed by atoms with Crippen LogP contribution in [0.1, 0.15) is 15.3 Å². The molecule has 0 aromatic heterocycles. The molecule has 0 atom stereocenters. The normalized spacial score (nSPS) is 16.4. The average Bonchev–Trinajstić information content (AvgIpc) is 2.41. The highest BCUT2D eigenvalue weighted by molar-refractivity contribution is 4.66. The van der Waals surface area contributed by atoms with Gasteiger partial charge in [-0.25, -0.2) is 0 Å². The summed E-state index contributed by atoms with van der Waals surface area (Å²) in [6.45, 7) is 12.8. The van der Waals surface area contributed by atoms with Crippen molar-refractivity contribution in [1.29, 1.82) is 0 Å². The van der Waals surface area contributed by atoms with Crippen molar-refractivity contribution >= 4 is 0 Å². The molecule has 0 saturated carbocycles. The molecule has 0 amide bonds. The van der Waals surface area contributed by atoms with E-state index in [0.29, 0.717) is 26.4 Å². The molecule has 1 aliphatic heterocycles. The maximum Gasteiger partial charge on any atom is 0.0701 e. The van der Waals surface area contributed by atoms with Crippen LogP contribution in [0.2, 0.25) is 0 Å². The third-order valence-electron chi connectivity index (χ3n) is 2.40. The first-order valence-corrected chi connectivity index (χ1v) is 6.72. The minimum absolute atomic E-state index is 0. The second-order valence-corrected chi connectivity index (χ2v) is 3.61. The minimum atomic E-state index is 0. The Balaban J connectivity index is 0. The Morgan fingerprint density at radius 1 is 1.06 bits per heavy atom. The Kier molecular flexibility index (Phi) is 13.7. The van der Waals surface area contributed by atoms with E-state index in [9.17, 15) is 0 Å². The fourth-order valence-electron chi connectivity index (χ4n) is 1.53. The predicted molar refractivity (Wildman–Crippen MR) is 73.5 cm³/mol. The minimum Gasteiger partial charge on any atom is -0.378 e. The molecule has 0 bridgehead atoms. The summed E-state index contributed by atoms with van der Waals surface area (Å²) in [7, 11) is 0. The Hall–Kier alpha value is -0.200. The van der Waals surface area contributed by atoms with E-state index in [0.717, 1.165) is 39.3 Å². The van der Waals surface area contributed by atoms with Gasteiger partial charge in [-0.3, -0.25) is 4.90 Å². The van der Waals surface area contributed by atoms with Gasteiger partial charge in [-0.2, -0.15) is 0 Å². The number of nitrogens with zero attached hydrogens (tertiary/aromatic N) is 1. The summed E-state index contributed by atoms with van der Waals surface area (Å²) < 4.78 is 10.7. The van der Waals surface area contributed by atoms with E-state index in [1.165, 1.54) is 0 Å². The van der Waals surface area contributed by atoms with E-state index in [1.54, 1.807) is 0 Å². The Morgan fingerprint density at radius 2 is 1.65 bits per heavy atom. The number of hydrogen-bond donors (Lipinski definition) is 2. The summed E-state index contributed by atoms with van der Waals surface area (Å²) in [5, 5.41) is 3.33. The second kappa shape index (κ2) is 13.9. The number of hydrogen-bond acceptors (Lipinski definition) is 5. The summed E-state index contributed by atoms with van der Waals surface area (Å²) in [6, 6.07) is 0. The number of rotatable bonds is 8. The summed E-state index contributed by atoms with van der Waals surface area (Å²) in [5.74, 6) is 0. The second-order valence-electron chi connectivity index (χ2n) is 3.61. The SMILES string of the molecule is CC.NCCOCCOCCN1CCNCC1.[HH]. The van der Waals surface area contributed by atoms with E-state index >= 15 is 0 Å². The van der Waals surface area contributed by atoms with Gasteiger partial charge in [0, 0.05) is 40.7 Å². The first-order chi connectivity index (χ1) is 8.43. The maximum absolute atomic E-state index is 5.46. The highest BCUT2D eigenvalue weighted by Gasteiger charge is 2.07. The molecule has 1 rings (SSSR count). The van der Waals surface area contributed by atoms with Crippen molar-refractivity contribution in [3.05, 3.63) is 0 Å². The molecule has 0 aromatic carbocycles. The maximum atomic E-state index is 5.46. The zero-order valence-corrected chi connectivity index (χ0v) is 11.4. The molecule has 1 heterocycles. The van der Waals surface area contributed by atoms with Gasteiger partial charge in [0.05, 0.1) is 26.4 Å². The molecular weight excluding hydrogens is 218 g/mol. The van der Waals surface area contributed by atoms with Crippen molar-refractivity contribution in [3.63, 3.8) is 0 Å². The quantitative estimate of drug-likeness (QED) is 0.600. The molecule has 0 aliphatic carbocycles. The van der Waals surface area contributed by atoms with Crippen molar-refractivity contribution in [2.45, 2.75) is 13.8 Å². The Labute approximate surface area is 107 Å². The Morgan fingerprint density at radius 3 is 2.24 bits per heavy atom. The lowest BCUT2D eigenvalue weighted by Crippen LogP contribution is -2.44. The van der Waals surface area contributed by atoms with Crippen LogP contribution in [-0.2, 0) is 9.47 Å². The van der Waals surface area contributed by atoms with Gasteiger partial charge in [0.2, 0.25) is 0 Å². The van der Waals surface area contributed by atoms with Crippen LogP contribution in [0.5, 0.6) is 0 Å². The summed E-state index contributed by atoms with van der Waals surface area (Å²) in [6.07, 6.45) is 0. The molecule has 1 aliphatic rings. The standard InChI is InChI=1S/C10H23N3O2.C2H6.H2/c11-1-7-14-9-10-15-8-6-13-4-2-12-3-5-13;1-2;/h12H,1-11H2;1-2H3;1H. The number of nitrogens with one attached hydrogen (secondary N) is 1. The zero-order valence-electron chi connectivity index (χ0n) is 11.4. The number of nitrogens with two attached hydrogens (primary N) is 1. The number of piperazine rings is 1. The van der Waals surface area contributed by atoms with E-state index < -0.39 is 0 Å². The molecule has 17 heavy (non-hydrogen) atoms. The van der Waals surface area contributed by atoms with Crippen LogP contribution in [0.15, 0.2) is 0 Å². The molecule has 0 radical (unpaired) electrons. The predicted octanol–water partition coefficient (Wildman–Crippen LogP) is 0.156. The van der Waals surface area contributed by atoms with Gasteiger partial charge < -0.3 is 20.5 Å².